The first kappa shape index (κ1) is 22.5. The van der Waals surface area contributed by atoms with Crippen LogP contribution in [0.25, 0.3) is 10.9 Å². The molecular weight excluding hydrogens is 400 g/mol. The van der Waals surface area contributed by atoms with Crippen LogP contribution in [0, 0.1) is 0 Å². The van der Waals surface area contributed by atoms with E-state index in [1.54, 1.807) is 12.1 Å². The number of amides is 3. The number of nitrogens with zero attached hydrogens (tertiary/aromatic N) is 2. The summed E-state index contributed by atoms with van der Waals surface area (Å²) in [6, 6.07) is 6.48. The molecule has 10 heteroatoms. The van der Waals surface area contributed by atoms with Crippen molar-refractivity contribution in [1.82, 2.24) is 25.7 Å². The van der Waals surface area contributed by atoms with Gasteiger partial charge in [0.1, 0.15) is 0 Å². The molecule has 2 aliphatic rings. The number of rotatable bonds is 5. The van der Waals surface area contributed by atoms with Gasteiger partial charge in [0.25, 0.3) is 12.4 Å². The Labute approximate surface area is 180 Å². The molecule has 5 N–H and O–H groups in total. The molecule has 2 atom stereocenters. The first-order valence-electron chi connectivity index (χ1n) is 10.6. The van der Waals surface area contributed by atoms with E-state index in [9.17, 15) is 9.59 Å². The van der Waals surface area contributed by atoms with Crippen LogP contribution >= 0.6 is 0 Å². The second-order valence-electron chi connectivity index (χ2n) is 8.01. The number of carbonyl (C=O) groups is 3. The van der Waals surface area contributed by atoms with Gasteiger partial charge in [0.05, 0.1) is 5.52 Å². The van der Waals surface area contributed by atoms with Crippen molar-refractivity contribution in [3.05, 3.63) is 23.9 Å². The minimum Gasteiger partial charge on any atom is -0.483 e. The zero-order valence-corrected chi connectivity index (χ0v) is 17.9. The van der Waals surface area contributed by atoms with E-state index in [1.807, 2.05) is 13.0 Å². The van der Waals surface area contributed by atoms with Gasteiger partial charge in [-0.2, -0.15) is 5.10 Å². The lowest BCUT2D eigenvalue weighted by Gasteiger charge is -2.36. The number of H-pyrrole nitrogens is 1. The highest BCUT2D eigenvalue weighted by Crippen LogP contribution is 2.34. The first-order chi connectivity index (χ1) is 15.0. The summed E-state index contributed by atoms with van der Waals surface area (Å²) in [7, 11) is 2.19. The normalized spacial score (nSPS) is 22.3. The Morgan fingerprint density at radius 2 is 1.97 bits per heavy atom. The van der Waals surface area contributed by atoms with Crippen LogP contribution in [0.15, 0.2) is 18.2 Å². The van der Waals surface area contributed by atoms with E-state index in [-0.39, 0.29) is 24.5 Å². The molecule has 168 valence electrons. The van der Waals surface area contributed by atoms with Crippen molar-refractivity contribution in [2.45, 2.75) is 57.2 Å². The van der Waals surface area contributed by atoms with E-state index in [4.69, 9.17) is 9.90 Å². The fraction of sp³-hybridized carbons (Fsp3) is 0.524. The van der Waals surface area contributed by atoms with Crippen molar-refractivity contribution in [2.75, 3.05) is 18.9 Å². The Balaban J connectivity index is 0.000000858. The number of urea groups is 1. The predicted molar refractivity (Wildman–Crippen MR) is 117 cm³/mol. The Bertz CT molecular complexity index is 916. The van der Waals surface area contributed by atoms with Crippen LogP contribution in [0.5, 0.6) is 0 Å². The Hall–Kier alpha value is -3.14. The zero-order chi connectivity index (χ0) is 22.4. The molecule has 2 aliphatic heterocycles. The lowest BCUT2D eigenvalue weighted by atomic mass is 9.98. The third-order valence-electron chi connectivity index (χ3n) is 6.00. The van der Waals surface area contributed by atoms with E-state index >= 15 is 0 Å². The maximum absolute atomic E-state index is 12.9. The van der Waals surface area contributed by atoms with Crippen LogP contribution in [0.1, 0.15) is 49.5 Å². The van der Waals surface area contributed by atoms with Gasteiger partial charge < -0.3 is 26.0 Å². The standard InChI is InChI=1S/C20H28N6O2.CH2O2/c1-3-8-21-20(28)23-12-4-7-17-16(11-12)18(25-24-17)19(27)22-13-9-14-5-6-15(10-13)26(14)2;2-1-3/h4,7,11,13-15H,3,5-6,8-10H2,1-2H3,(H,22,27)(H,24,25)(H2,21,23,28);1H,(H,2,3). The molecule has 0 saturated carbocycles. The highest BCUT2D eigenvalue weighted by Gasteiger charge is 2.39. The number of nitrogens with one attached hydrogen (secondary N) is 4. The summed E-state index contributed by atoms with van der Waals surface area (Å²) in [5, 5.41) is 23.5. The quantitative estimate of drug-likeness (QED) is 0.461. The van der Waals surface area contributed by atoms with Crippen LogP contribution in [0.2, 0.25) is 0 Å². The SMILES string of the molecule is CCCNC(=O)Nc1ccc2[nH]nc(C(=O)NC3CC4CCC(C3)N4C)c2c1.O=CO. The van der Waals surface area contributed by atoms with Gasteiger partial charge in [-0.3, -0.25) is 14.7 Å². The predicted octanol–water partition coefficient (Wildman–Crippen LogP) is 2.15. The molecule has 4 rings (SSSR count). The van der Waals surface area contributed by atoms with Gasteiger partial charge in [0, 0.05) is 35.7 Å². The molecular formula is C21H30N6O4. The summed E-state index contributed by atoms with van der Waals surface area (Å²) < 4.78 is 0. The van der Waals surface area contributed by atoms with Gasteiger partial charge in [0.15, 0.2) is 5.69 Å². The number of anilines is 1. The Morgan fingerprint density at radius 3 is 2.61 bits per heavy atom. The number of aromatic nitrogens is 2. The van der Waals surface area contributed by atoms with Crippen molar-refractivity contribution in [1.29, 1.82) is 0 Å². The topological polar surface area (TPSA) is 139 Å². The summed E-state index contributed by atoms with van der Waals surface area (Å²) in [5.74, 6) is -0.159. The Morgan fingerprint density at radius 1 is 1.29 bits per heavy atom. The van der Waals surface area contributed by atoms with Crippen LogP contribution < -0.4 is 16.0 Å². The highest BCUT2D eigenvalue weighted by molar-refractivity contribution is 6.06. The van der Waals surface area contributed by atoms with Gasteiger partial charge in [0.2, 0.25) is 0 Å². The highest BCUT2D eigenvalue weighted by atomic mass is 16.3. The second kappa shape index (κ2) is 10.3. The summed E-state index contributed by atoms with van der Waals surface area (Å²) >= 11 is 0. The fourth-order valence-corrected chi connectivity index (χ4v) is 4.46. The molecule has 10 nitrogen and oxygen atoms in total. The number of benzene rings is 1. The Kier molecular flexibility index (Phi) is 7.45. The molecule has 3 heterocycles. The first-order valence-corrected chi connectivity index (χ1v) is 10.6. The molecule has 0 aliphatic carbocycles. The second-order valence-corrected chi connectivity index (χ2v) is 8.01. The molecule has 2 aromatic rings. The summed E-state index contributed by atoms with van der Waals surface area (Å²) in [6.45, 7) is 2.37. The van der Waals surface area contributed by atoms with Crippen molar-refractivity contribution in [3.8, 4) is 0 Å². The number of hydrogen-bond acceptors (Lipinski definition) is 5. The van der Waals surface area contributed by atoms with Crippen LogP contribution in [0.3, 0.4) is 0 Å². The molecule has 2 saturated heterocycles. The monoisotopic (exact) mass is 430 g/mol. The third-order valence-corrected chi connectivity index (χ3v) is 6.00. The maximum atomic E-state index is 12.9. The van der Waals surface area contributed by atoms with Gasteiger partial charge in [-0.15, -0.1) is 0 Å². The van der Waals surface area contributed by atoms with E-state index in [0.717, 1.165) is 24.8 Å². The van der Waals surface area contributed by atoms with Gasteiger partial charge >= 0.3 is 6.03 Å². The van der Waals surface area contributed by atoms with Crippen LogP contribution in [0.4, 0.5) is 10.5 Å². The van der Waals surface area contributed by atoms with Gasteiger partial charge in [-0.25, -0.2) is 4.79 Å². The molecule has 0 radical (unpaired) electrons. The maximum Gasteiger partial charge on any atom is 0.319 e. The van der Waals surface area contributed by atoms with Crippen molar-refractivity contribution in [3.63, 3.8) is 0 Å². The molecule has 1 aromatic heterocycles. The van der Waals surface area contributed by atoms with Gasteiger partial charge in [-0.05, 0) is 57.4 Å². The van der Waals surface area contributed by atoms with Crippen LogP contribution in [-0.4, -0.2) is 70.3 Å². The molecule has 3 amide bonds. The molecule has 2 fully saturated rings. The zero-order valence-electron chi connectivity index (χ0n) is 17.9. The van der Waals surface area contributed by atoms with Crippen molar-refractivity contribution in [2.24, 2.45) is 0 Å². The third kappa shape index (κ3) is 5.32. The van der Waals surface area contributed by atoms with E-state index in [2.05, 4.69) is 38.1 Å². The van der Waals surface area contributed by atoms with Crippen LogP contribution in [-0.2, 0) is 4.79 Å². The lowest BCUT2D eigenvalue weighted by molar-refractivity contribution is -0.122. The molecule has 2 unspecified atom stereocenters. The molecule has 2 bridgehead atoms. The van der Waals surface area contributed by atoms with Crippen molar-refractivity contribution < 1.29 is 19.5 Å². The number of carbonyl (C=O) groups excluding carboxylic acids is 2. The molecule has 0 spiro atoms. The lowest BCUT2D eigenvalue weighted by Crippen LogP contribution is -2.48. The molecule has 31 heavy (non-hydrogen) atoms. The van der Waals surface area contributed by atoms with Gasteiger partial charge in [-0.1, -0.05) is 6.92 Å². The fourth-order valence-electron chi connectivity index (χ4n) is 4.46. The molecule has 1 aromatic carbocycles. The number of fused-ring (bicyclic) bond motifs is 3. The average Bonchev–Trinajstić information content (AvgIpc) is 3.23. The smallest absolute Gasteiger partial charge is 0.319 e. The number of piperidine rings is 1. The minimum atomic E-state index is -0.252. The summed E-state index contributed by atoms with van der Waals surface area (Å²) in [5.41, 5.74) is 1.78. The minimum absolute atomic E-state index is 0.159. The van der Waals surface area contributed by atoms with Crippen molar-refractivity contribution >= 4 is 35.0 Å². The van der Waals surface area contributed by atoms with E-state index < -0.39 is 0 Å². The largest absolute Gasteiger partial charge is 0.483 e. The van der Waals surface area contributed by atoms with E-state index in [0.29, 0.717) is 35.4 Å². The van der Waals surface area contributed by atoms with E-state index in [1.165, 1.54) is 12.8 Å². The number of aromatic amines is 1. The number of carboxylic acid groups (broad SMARTS) is 1. The summed E-state index contributed by atoms with van der Waals surface area (Å²) in [6.07, 6.45) is 5.29. The summed E-state index contributed by atoms with van der Waals surface area (Å²) in [4.78, 5) is 35.6. The number of hydrogen-bond donors (Lipinski definition) is 5. The average molecular weight is 431 g/mol.